The van der Waals surface area contributed by atoms with E-state index in [-0.39, 0.29) is 11.5 Å². The van der Waals surface area contributed by atoms with Crippen LogP contribution >= 0.6 is 0 Å². The van der Waals surface area contributed by atoms with E-state index in [1.807, 2.05) is 36.4 Å². The zero-order chi connectivity index (χ0) is 46.4. The third-order valence-electron chi connectivity index (χ3n) is 10.3. The Morgan fingerprint density at radius 3 is 1.44 bits per heavy atom. The molecule has 0 radical (unpaired) electrons. The largest absolute Gasteiger partial charge is 0.494 e. The molecule has 0 amide bonds. The average Bonchev–Trinajstić information content (AvgIpc) is 3.34. The minimum absolute atomic E-state index is 0.173. The SMILES string of the molecule is C=CC(=O)OCCCCCCOc1ccc(C(=O)Oc2ccc(OC(=O)c3ccc(OCCCCCCOC(=O)C=C)cc3)c(C=NN=Cc3c4ccccc4cc4ccccc34)c2)cc1. The molecule has 0 atom stereocenters. The van der Waals surface area contributed by atoms with Crippen molar-refractivity contribution in [3.05, 3.63) is 169 Å². The number of nitrogens with zero attached hydrogens (tertiary/aromatic N) is 2. The predicted molar refractivity (Wildman–Crippen MR) is 256 cm³/mol. The zero-order valence-corrected chi connectivity index (χ0v) is 36.7. The molecule has 6 aromatic rings. The molecule has 0 bridgehead atoms. The number of carbonyl (C=O) groups excluding carboxylic acids is 4. The standard InChI is InChI=1S/C54H52N2O10/c1-3-51(57)63-33-15-7-5-13-31-61-44-25-21-39(22-26-44)53(59)65-46-29-30-50(66-54(60)40-23-27-45(28-24-40)62-32-14-6-8-16-34-64-52(58)4-2)43(36-46)37-55-56-38-49-47-19-11-9-17-41(47)35-42-18-10-12-20-48(42)49/h3-4,9-12,17-30,35-38H,1-2,5-8,13-16,31-34H2. The highest BCUT2D eigenvalue weighted by molar-refractivity contribution is 6.13. The summed E-state index contributed by atoms with van der Waals surface area (Å²) in [7, 11) is 0. The maximum absolute atomic E-state index is 13.4. The lowest BCUT2D eigenvalue weighted by Crippen LogP contribution is -2.11. The number of benzene rings is 6. The second kappa shape index (κ2) is 25.4. The van der Waals surface area contributed by atoms with Gasteiger partial charge in [0.25, 0.3) is 0 Å². The van der Waals surface area contributed by atoms with Crippen LogP contribution < -0.4 is 18.9 Å². The monoisotopic (exact) mass is 888 g/mol. The van der Waals surface area contributed by atoms with Crippen molar-refractivity contribution in [2.75, 3.05) is 26.4 Å². The van der Waals surface area contributed by atoms with Gasteiger partial charge in [-0.3, -0.25) is 0 Å². The Hall–Kier alpha value is -7.86. The first kappa shape index (κ1) is 47.6. The summed E-state index contributed by atoms with van der Waals surface area (Å²) >= 11 is 0. The molecule has 0 aliphatic heterocycles. The highest BCUT2D eigenvalue weighted by Crippen LogP contribution is 2.28. The van der Waals surface area contributed by atoms with Crippen LogP contribution in [0.25, 0.3) is 21.5 Å². The van der Waals surface area contributed by atoms with Crippen molar-refractivity contribution in [2.24, 2.45) is 10.2 Å². The lowest BCUT2D eigenvalue weighted by atomic mass is 9.97. The van der Waals surface area contributed by atoms with Crippen LogP contribution in [0.3, 0.4) is 0 Å². The fourth-order valence-corrected chi connectivity index (χ4v) is 6.82. The van der Waals surface area contributed by atoms with Crippen LogP contribution in [0.5, 0.6) is 23.0 Å². The second-order valence-electron chi connectivity index (χ2n) is 15.0. The minimum Gasteiger partial charge on any atom is -0.494 e. The van der Waals surface area contributed by atoms with Gasteiger partial charge in [0.15, 0.2) is 0 Å². The Labute approximate surface area is 384 Å². The number of hydrogen-bond acceptors (Lipinski definition) is 12. The smallest absolute Gasteiger partial charge is 0.343 e. The number of hydrogen-bond donors (Lipinski definition) is 0. The molecule has 0 aromatic heterocycles. The first-order valence-electron chi connectivity index (χ1n) is 21.9. The number of fused-ring (bicyclic) bond motifs is 2. The van der Waals surface area contributed by atoms with Crippen molar-refractivity contribution < 1.29 is 47.6 Å². The van der Waals surface area contributed by atoms with Gasteiger partial charge in [-0.15, -0.1) is 0 Å². The van der Waals surface area contributed by atoms with Gasteiger partial charge in [-0.1, -0.05) is 61.7 Å². The van der Waals surface area contributed by atoms with Crippen LogP contribution in [0.2, 0.25) is 0 Å². The molecule has 0 unspecified atom stereocenters. The fourth-order valence-electron chi connectivity index (χ4n) is 6.82. The Morgan fingerprint density at radius 1 is 0.470 bits per heavy atom. The maximum atomic E-state index is 13.4. The lowest BCUT2D eigenvalue weighted by molar-refractivity contribution is -0.138. The number of unbranched alkanes of at least 4 members (excludes halogenated alkanes) is 6. The van der Waals surface area contributed by atoms with E-state index in [9.17, 15) is 19.2 Å². The van der Waals surface area contributed by atoms with Gasteiger partial charge in [0, 0.05) is 23.3 Å². The first-order valence-corrected chi connectivity index (χ1v) is 21.9. The zero-order valence-electron chi connectivity index (χ0n) is 36.7. The summed E-state index contributed by atoms with van der Waals surface area (Å²) in [5, 5.41) is 12.9. The van der Waals surface area contributed by atoms with E-state index in [0.717, 1.165) is 90.6 Å². The summed E-state index contributed by atoms with van der Waals surface area (Å²) in [6.45, 7) is 8.50. The van der Waals surface area contributed by atoms with E-state index >= 15 is 0 Å². The van der Waals surface area contributed by atoms with Crippen LogP contribution in [0, 0.1) is 0 Å². The third kappa shape index (κ3) is 14.6. The molecule has 12 heteroatoms. The van der Waals surface area contributed by atoms with E-state index < -0.39 is 23.9 Å². The molecule has 12 nitrogen and oxygen atoms in total. The van der Waals surface area contributed by atoms with Crippen molar-refractivity contribution in [1.82, 2.24) is 0 Å². The van der Waals surface area contributed by atoms with Crippen molar-refractivity contribution in [3.63, 3.8) is 0 Å². The van der Waals surface area contributed by atoms with Gasteiger partial charge in [-0.05, 0) is 146 Å². The summed E-state index contributed by atoms with van der Waals surface area (Å²) in [5.74, 6) is -0.451. The molecule has 0 saturated carbocycles. The summed E-state index contributed by atoms with van der Waals surface area (Å²) in [6, 6.07) is 36.2. The van der Waals surface area contributed by atoms with Gasteiger partial charge in [-0.2, -0.15) is 10.2 Å². The summed E-state index contributed by atoms with van der Waals surface area (Å²) in [6.07, 6.45) is 12.3. The molecular weight excluding hydrogens is 837 g/mol. The molecule has 0 spiro atoms. The molecule has 0 N–H and O–H groups in total. The lowest BCUT2D eigenvalue weighted by Gasteiger charge is -2.11. The number of rotatable bonds is 25. The Kier molecular flexibility index (Phi) is 18.4. The fraction of sp³-hybridized carbons (Fsp3) is 0.222. The van der Waals surface area contributed by atoms with Crippen LogP contribution in [0.1, 0.15) is 83.2 Å². The normalized spacial score (nSPS) is 11.1. The van der Waals surface area contributed by atoms with Crippen molar-refractivity contribution in [2.45, 2.75) is 51.4 Å². The average molecular weight is 889 g/mol. The van der Waals surface area contributed by atoms with Crippen LogP contribution in [0.4, 0.5) is 0 Å². The summed E-state index contributed by atoms with van der Waals surface area (Å²) in [5.41, 5.74) is 1.86. The molecule has 0 aliphatic rings. The Balaban J connectivity index is 1.10. The molecule has 0 fully saturated rings. The molecule has 0 aliphatic carbocycles. The highest BCUT2D eigenvalue weighted by atomic mass is 16.5. The topological polar surface area (TPSA) is 148 Å². The van der Waals surface area contributed by atoms with Gasteiger partial charge >= 0.3 is 23.9 Å². The predicted octanol–water partition coefficient (Wildman–Crippen LogP) is 11.2. The Bertz CT molecular complexity index is 2620. The second-order valence-corrected chi connectivity index (χ2v) is 15.0. The molecule has 66 heavy (non-hydrogen) atoms. The molecular formula is C54H52N2O10. The summed E-state index contributed by atoms with van der Waals surface area (Å²) in [4.78, 5) is 49.0. The Morgan fingerprint density at radius 2 is 0.924 bits per heavy atom. The number of ether oxygens (including phenoxy) is 6. The van der Waals surface area contributed by atoms with E-state index in [1.54, 1.807) is 60.8 Å². The van der Waals surface area contributed by atoms with Gasteiger partial charge in [0.1, 0.15) is 23.0 Å². The number of esters is 4. The van der Waals surface area contributed by atoms with Gasteiger partial charge in [-0.25, -0.2) is 19.2 Å². The third-order valence-corrected chi connectivity index (χ3v) is 10.3. The first-order chi connectivity index (χ1) is 32.3. The molecule has 338 valence electrons. The van der Waals surface area contributed by atoms with Crippen LogP contribution in [-0.4, -0.2) is 62.7 Å². The van der Waals surface area contributed by atoms with Crippen LogP contribution in [0.15, 0.2) is 157 Å². The van der Waals surface area contributed by atoms with E-state index in [0.29, 0.717) is 54.6 Å². The molecule has 0 heterocycles. The van der Waals surface area contributed by atoms with Crippen molar-refractivity contribution in [1.29, 1.82) is 0 Å². The molecule has 0 saturated heterocycles. The summed E-state index contributed by atoms with van der Waals surface area (Å²) < 4.78 is 33.3. The van der Waals surface area contributed by atoms with E-state index in [1.165, 1.54) is 18.3 Å². The van der Waals surface area contributed by atoms with Gasteiger partial charge < -0.3 is 28.4 Å². The maximum Gasteiger partial charge on any atom is 0.343 e. The molecule has 6 rings (SSSR count). The van der Waals surface area contributed by atoms with Gasteiger partial charge in [0.2, 0.25) is 0 Å². The van der Waals surface area contributed by atoms with E-state index in [4.69, 9.17) is 28.4 Å². The highest BCUT2D eigenvalue weighted by Gasteiger charge is 2.16. The van der Waals surface area contributed by atoms with Crippen LogP contribution in [-0.2, 0) is 19.1 Å². The minimum atomic E-state index is -0.613. The quantitative estimate of drug-likeness (QED) is 0.0103. The van der Waals surface area contributed by atoms with Crippen molar-refractivity contribution >= 4 is 57.9 Å². The van der Waals surface area contributed by atoms with Crippen molar-refractivity contribution in [3.8, 4) is 23.0 Å². The van der Waals surface area contributed by atoms with Gasteiger partial charge in [0.05, 0.1) is 50.0 Å². The number of carbonyl (C=O) groups is 4. The van der Waals surface area contributed by atoms with E-state index in [2.05, 4.69) is 41.6 Å². The molecule has 6 aromatic carbocycles.